The zero-order chi connectivity index (χ0) is 42.9. The van der Waals surface area contributed by atoms with Crippen LogP contribution in [0.5, 0.6) is 0 Å². The molecule has 0 fully saturated rings. The van der Waals surface area contributed by atoms with Crippen LogP contribution in [0.2, 0.25) is 0 Å². The van der Waals surface area contributed by atoms with Gasteiger partial charge in [-0.3, -0.25) is 0 Å². The molecule has 2 unspecified atom stereocenters. The van der Waals surface area contributed by atoms with E-state index >= 15 is 0 Å². The van der Waals surface area contributed by atoms with Crippen LogP contribution in [0.25, 0.3) is 0 Å². The van der Waals surface area contributed by atoms with Crippen molar-refractivity contribution in [1.82, 2.24) is 0 Å². The fourth-order valence-electron chi connectivity index (χ4n) is 9.97. The Hall–Kier alpha value is -1.64. The quantitative estimate of drug-likeness (QED) is 0.0461. The molecule has 0 bridgehead atoms. The van der Waals surface area contributed by atoms with Crippen LogP contribution in [-0.2, 0) is 12.8 Å². The summed E-state index contributed by atoms with van der Waals surface area (Å²) in [7, 11) is 5.29. The molecule has 0 saturated heterocycles. The number of hydrogen-bond donors (Lipinski definition) is 0. The Morgan fingerprint density at radius 1 is 0.250 bits per heavy atom. The highest BCUT2D eigenvalue weighted by molar-refractivity contribution is 5.15. The van der Waals surface area contributed by atoms with Crippen LogP contribution >= 0.6 is 0 Å². The van der Waals surface area contributed by atoms with E-state index in [1.54, 1.807) is 0 Å². The molecular weight excluding hydrogens is 725 g/mol. The van der Waals surface area contributed by atoms with Gasteiger partial charge in [0.05, 0.1) is 53.4 Å². The Bertz CT molecular complexity index is 1060. The van der Waals surface area contributed by atoms with Gasteiger partial charge in [0.15, 0.2) is 0 Å². The highest BCUT2D eigenvalue weighted by atomic mass is 15.3. The summed E-state index contributed by atoms with van der Waals surface area (Å²) in [5, 5.41) is 0. The van der Waals surface area contributed by atoms with Crippen LogP contribution in [-0.4, -0.2) is 62.3 Å². The first-order valence-electron chi connectivity index (χ1n) is 27.2. The number of aryl methyl sites for hydroxylation is 2. The number of rotatable bonds is 45. The molecule has 0 aromatic heterocycles. The van der Waals surface area contributed by atoms with Crippen molar-refractivity contribution in [2.75, 3.05) is 53.4 Å². The molecule has 2 aromatic rings. The minimum absolute atomic E-state index is 1.25. The van der Waals surface area contributed by atoms with Crippen LogP contribution < -0.4 is 0 Å². The SMILES string of the molecule is CCCCCCCCCCCC[N+](C)(CCCCCCCCc1ccccc1)CCCC[N+](C)(CCCCCCCCCCCC)CCCCCCCCc1ccccc1. The van der Waals surface area contributed by atoms with E-state index in [0.717, 1.165) is 0 Å². The van der Waals surface area contributed by atoms with Crippen molar-refractivity contribution in [3.63, 3.8) is 0 Å². The van der Waals surface area contributed by atoms with Gasteiger partial charge in [0.1, 0.15) is 0 Å². The van der Waals surface area contributed by atoms with Gasteiger partial charge in [0.25, 0.3) is 0 Å². The number of quaternary nitrogens is 2. The third-order valence-corrected chi connectivity index (χ3v) is 14.3. The third-order valence-electron chi connectivity index (χ3n) is 14.3. The Kier molecular flexibility index (Phi) is 35.4. The molecule has 2 nitrogen and oxygen atoms in total. The number of nitrogens with zero attached hydrogens (tertiary/aromatic N) is 2. The summed E-state index contributed by atoms with van der Waals surface area (Å²) in [5.74, 6) is 0. The summed E-state index contributed by atoms with van der Waals surface area (Å²) in [6, 6.07) is 22.2. The highest BCUT2D eigenvalue weighted by Gasteiger charge is 2.24. The lowest BCUT2D eigenvalue weighted by atomic mass is 10.0. The smallest absolute Gasteiger partial charge is 0.0786 e. The average Bonchev–Trinajstić information content (AvgIpc) is 3.26. The van der Waals surface area contributed by atoms with Gasteiger partial charge in [-0.1, -0.05) is 216 Å². The summed E-state index contributed by atoms with van der Waals surface area (Å²) >= 11 is 0. The minimum atomic E-state index is 1.25. The maximum atomic E-state index is 2.64. The Morgan fingerprint density at radius 3 is 0.700 bits per heavy atom. The molecule has 0 spiro atoms. The van der Waals surface area contributed by atoms with Gasteiger partial charge in [0, 0.05) is 12.8 Å². The van der Waals surface area contributed by atoms with E-state index in [2.05, 4.69) is 88.6 Å². The molecule has 0 N–H and O–H groups in total. The fourth-order valence-corrected chi connectivity index (χ4v) is 9.97. The van der Waals surface area contributed by atoms with Crippen LogP contribution in [0, 0.1) is 0 Å². The molecule has 2 heteroatoms. The predicted octanol–water partition coefficient (Wildman–Crippen LogP) is 17.7. The summed E-state index contributed by atoms with van der Waals surface area (Å²) < 4.78 is 2.66. The number of hydrogen-bond acceptors (Lipinski definition) is 0. The maximum Gasteiger partial charge on any atom is 0.0786 e. The average molecular weight is 831 g/mol. The zero-order valence-electron chi connectivity index (χ0n) is 41.4. The van der Waals surface area contributed by atoms with E-state index in [1.165, 1.54) is 291 Å². The first kappa shape index (κ1) is 54.5. The summed E-state index contributed by atoms with van der Waals surface area (Å²) in [6.07, 6.45) is 51.1. The predicted molar refractivity (Wildman–Crippen MR) is 270 cm³/mol. The summed E-state index contributed by atoms with van der Waals surface area (Å²) in [5.41, 5.74) is 3.02. The molecule has 0 heterocycles. The van der Waals surface area contributed by atoms with Crippen molar-refractivity contribution in [3.8, 4) is 0 Å². The van der Waals surface area contributed by atoms with Gasteiger partial charge < -0.3 is 8.97 Å². The first-order chi connectivity index (χ1) is 29.5. The van der Waals surface area contributed by atoms with Crippen LogP contribution in [0.1, 0.15) is 243 Å². The van der Waals surface area contributed by atoms with Crippen LogP contribution in [0.15, 0.2) is 60.7 Å². The first-order valence-corrected chi connectivity index (χ1v) is 27.2. The van der Waals surface area contributed by atoms with Crippen molar-refractivity contribution >= 4 is 0 Å². The molecule has 0 amide bonds. The van der Waals surface area contributed by atoms with Crippen molar-refractivity contribution in [2.24, 2.45) is 0 Å². The van der Waals surface area contributed by atoms with Gasteiger partial charge in [-0.15, -0.1) is 0 Å². The van der Waals surface area contributed by atoms with E-state index in [0.29, 0.717) is 0 Å². The second-order valence-electron chi connectivity index (χ2n) is 20.4. The number of benzene rings is 2. The molecule has 0 saturated carbocycles. The topological polar surface area (TPSA) is 0 Å². The molecule has 0 aliphatic rings. The van der Waals surface area contributed by atoms with E-state index in [9.17, 15) is 0 Å². The summed E-state index contributed by atoms with van der Waals surface area (Å²) in [4.78, 5) is 0. The molecule has 0 aliphatic carbocycles. The largest absolute Gasteiger partial charge is 0.326 e. The highest BCUT2D eigenvalue weighted by Crippen LogP contribution is 2.20. The molecule has 0 aliphatic heterocycles. The van der Waals surface area contributed by atoms with Crippen LogP contribution in [0.3, 0.4) is 0 Å². The fraction of sp³-hybridized carbons (Fsp3) is 0.793. The van der Waals surface area contributed by atoms with Gasteiger partial charge in [0.2, 0.25) is 0 Å². The number of unbranched alkanes of at least 4 members (excludes halogenated alkanes) is 29. The Morgan fingerprint density at radius 2 is 0.450 bits per heavy atom. The van der Waals surface area contributed by atoms with Crippen molar-refractivity contribution in [3.05, 3.63) is 71.8 Å². The third kappa shape index (κ3) is 32.1. The second-order valence-corrected chi connectivity index (χ2v) is 20.4. The monoisotopic (exact) mass is 831 g/mol. The second kappa shape index (κ2) is 39.0. The van der Waals surface area contributed by atoms with Gasteiger partial charge >= 0.3 is 0 Å². The molecule has 2 rings (SSSR count). The Labute approximate surface area is 377 Å². The van der Waals surface area contributed by atoms with Crippen molar-refractivity contribution in [2.45, 2.75) is 245 Å². The minimum Gasteiger partial charge on any atom is -0.326 e. The normalized spacial score (nSPS) is 13.7. The van der Waals surface area contributed by atoms with E-state index in [1.807, 2.05) is 0 Å². The van der Waals surface area contributed by atoms with Crippen molar-refractivity contribution in [1.29, 1.82) is 0 Å². The molecule has 346 valence electrons. The lowest BCUT2D eigenvalue weighted by Crippen LogP contribution is -2.48. The summed E-state index contributed by atoms with van der Waals surface area (Å²) in [6.45, 7) is 13.1. The van der Waals surface area contributed by atoms with Crippen molar-refractivity contribution < 1.29 is 8.97 Å². The van der Waals surface area contributed by atoms with E-state index < -0.39 is 0 Å². The lowest BCUT2D eigenvalue weighted by molar-refractivity contribution is -0.916. The standard InChI is InChI=1S/C58H106N2/c1-5-7-9-11-13-15-17-21-27-39-51-59(3,53-41-29-23-19-25-33-45-57-47-35-31-36-48-57)55-43-44-56-60(4,52-40-28-22-18-16-14-12-10-8-6-2)54-42-30-24-20-26-34-46-58-49-37-32-38-50-58/h31-32,35-38,47-50H,5-30,33-34,39-46,51-56H2,1-4H3/q+2. The maximum absolute atomic E-state index is 2.64. The molecule has 60 heavy (non-hydrogen) atoms. The molecule has 2 atom stereocenters. The van der Waals surface area contributed by atoms with Gasteiger partial charge in [-0.05, 0) is 88.2 Å². The van der Waals surface area contributed by atoms with Crippen LogP contribution in [0.4, 0.5) is 0 Å². The van der Waals surface area contributed by atoms with Gasteiger partial charge in [-0.2, -0.15) is 0 Å². The van der Waals surface area contributed by atoms with E-state index in [-0.39, 0.29) is 0 Å². The van der Waals surface area contributed by atoms with Gasteiger partial charge in [-0.25, -0.2) is 0 Å². The Balaban J connectivity index is 1.79. The van der Waals surface area contributed by atoms with E-state index in [4.69, 9.17) is 0 Å². The molecular formula is C58H106N2+2. The lowest BCUT2D eigenvalue weighted by Gasteiger charge is -2.37. The molecule has 0 radical (unpaired) electrons. The molecule has 2 aromatic carbocycles. The zero-order valence-corrected chi connectivity index (χ0v) is 41.4.